The highest BCUT2D eigenvalue weighted by Crippen LogP contribution is 2.24. The molecule has 0 radical (unpaired) electrons. The van der Waals surface area contributed by atoms with Crippen LogP contribution in [0.1, 0.15) is 44.9 Å². The average molecular weight is 261 g/mol. The van der Waals surface area contributed by atoms with Crippen molar-refractivity contribution in [3.05, 3.63) is 0 Å². The van der Waals surface area contributed by atoms with Crippen molar-refractivity contribution in [2.24, 2.45) is 11.8 Å². The number of halogens is 1. The van der Waals surface area contributed by atoms with Crippen LogP contribution in [0.5, 0.6) is 0 Å². The summed E-state index contributed by atoms with van der Waals surface area (Å²) in [5.41, 5.74) is 0. The van der Waals surface area contributed by atoms with Gasteiger partial charge in [0.15, 0.2) is 0 Å². The van der Waals surface area contributed by atoms with E-state index in [1.807, 2.05) is 0 Å². The van der Waals surface area contributed by atoms with E-state index in [-0.39, 0.29) is 12.4 Å². The van der Waals surface area contributed by atoms with Crippen LogP contribution >= 0.6 is 12.4 Å². The van der Waals surface area contributed by atoms with Crippen molar-refractivity contribution in [3.63, 3.8) is 0 Å². The van der Waals surface area contributed by atoms with Gasteiger partial charge in [0.1, 0.15) is 0 Å². The van der Waals surface area contributed by atoms with Crippen molar-refractivity contribution in [2.45, 2.75) is 44.9 Å². The maximum absolute atomic E-state index is 3.52. The van der Waals surface area contributed by atoms with Crippen molar-refractivity contribution in [1.82, 2.24) is 10.2 Å². The third-order valence-electron chi connectivity index (χ3n) is 4.26. The van der Waals surface area contributed by atoms with Crippen LogP contribution in [0, 0.1) is 11.8 Å². The van der Waals surface area contributed by atoms with Crippen LogP contribution in [0.4, 0.5) is 0 Å². The van der Waals surface area contributed by atoms with Gasteiger partial charge in [0, 0.05) is 13.1 Å². The lowest BCUT2D eigenvalue weighted by Crippen LogP contribution is -2.38. The van der Waals surface area contributed by atoms with Gasteiger partial charge in [-0.15, -0.1) is 12.4 Å². The van der Waals surface area contributed by atoms with Crippen LogP contribution in [0.3, 0.4) is 0 Å². The molecule has 1 aliphatic carbocycles. The summed E-state index contributed by atoms with van der Waals surface area (Å²) in [5.74, 6) is 1.90. The summed E-state index contributed by atoms with van der Waals surface area (Å²) in [6.45, 7) is 5.14. The molecule has 0 spiro atoms. The van der Waals surface area contributed by atoms with E-state index < -0.39 is 0 Å². The highest BCUT2D eigenvalue weighted by atomic mass is 35.5. The van der Waals surface area contributed by atoms with Gasteiger partial charge in [-0.3, -0.25) is 0 Å². The maximum atomic E-state index is 3.52. The molecule has 1 saturated heterocycles. The Balaban J connectivity index is 0.00000144. The Kier molecular flexibility index (Phi) is 7.49. The quantitative estimate of drug-likeness (QED) is 0.836. The largest absolute Gasteiger partial charge is 0.316 e. The molecule has 1 N–H and O–H groups in total. The zero-order chi connectivity index (χ0) is 11.2. The SMILES string of the molecule is CN(CC1CCCCC1)CC1CCCNC1.Cl. The van der Waals surface area contributed by atoms with Gasteiger partial charge in [-0.1, -0.05) is 19.3 Å². The van der Waals surface area contributed by atoms with E-state index in [1.165, 1.54) is 71.1 Å². The van der Waals surface area contributed by atoms with Crippen LogP contribution < -0.4 is 5.32 Å². The lowest BCUT2D eigenvalue weighted by Gasteiger charge is -2.31. The van der Waals surface area contributed by atoms with Crippen molar-refractivity contribution >= 4 is 12.4 Å². The normalized spacial score (nSPS) is 26.8. The molecule has 2 aliphatic rings. The molecule has 2 rings (SSSR count). The first-order chi connectivity index (χ1) is 7.84. The molecule has 0 bridgehead atoms. The van der Waals surface area contributed by atoms with E-state index in [4.69, 9.17) is 0 Å². The predicted octanol–water partition coefficient (Wildman–Crippen LogP) is 2.92. The molecule has 17 heavy (non-hydrogen) atoms. The first-order valence-electron chi connectivity index (χ1n) is 7.24. The lowest BCUT2D eigenvalue weighted by molar-refractivity contribution is 0.193. The van der Waals surface area contributed by atoms with E-state index in [2.05, 4.69) is 17.3 Å². The van der Waals surface area contributed by atoms with Crippen LogP contribution in [-0.2, 0) is 0 Å². The molecule has 1 unspecified atom stereocenters. The van der Waals surface area contributed by atoms with Gasteiger partial charge in [-0.25, -0.2) is 0 Å². The number of nitrogens with one attached hydrogen (secondary N) is 1. The van der Waals surface area contributed by atoms with Gasteiger partial charge in [0.25, 0.3) is 0 Å². The summed E-state index contributed by atoms with van der Waals surface area (Å²) < 4.78 is 0. The third-order valence-corrected chi connectivity index (χ3v) is 4.26. The Labute approximate surface area is 113 Å². The summed E-state index contributed by atoms with van der Waals surface area (Å²) in [4.78, 5) is 2.59. The Morgan fingerprint density at radius 3 is 2.24 bits per heavy atom. The highest BCUT2D eigenvalue weighted by Gasteiger charge is 2.18. The molecular weight excluding hydrogens is 232 g/mol. The second-order valence-corrected chi connectivity index (χ2v) is 5.94. The second kappa shape index (κ2) is 8.34. The summed E-state index contributed by atoms with van der Waals surface area (Å²) in [6, 6.07) is 0. The first-order valence-corrected chi connectivity index (χ1v) is 7.24. The number of piperidine rings is 1. The summed E-state index contributed by atoms with van der Waals surface area (Å²) in [5, 5.41) is 3.52. The van der Waals surface area contributed by atoms with E-state index in [9.17, 15) is 0 Å². The average Bonchev–Trinajstić information content (AvgIpc) is 2.31. The minimum absolute atomic E-state index is 0. The second-order valence-electron chi connectivity index (χ2n) is 5.94. The molecule has 2 fully saturated rings. The Hall–Kier alpha value is 0.210. The Morgan fingerprint density at radius 1 is 0.941 bits per heavy atom. The minimum Gasteiger partial charge on any atom is -0.316 e. The number of hydrogen-bond acceptors (Lipinski definition) is 2. The fraction of sp³-hybridized carbons (Fsp3) is 1.00. The summed E-state index contributed by atoms with van der Waals surface area (Å²) in [7, 11) is 2.32. The number of hydrogen-bond donors (Lipinski definition) is 1. The zero-order valence-corrected chi connectivity index (χ0v) is 12.1. The zero-order valence-electron chi connectivity index (χ0n) is 11.3. The van der Waals surface area contributed by atoms with E-state index >= 15 is 0 Å². The molecule has 1 saturated carbocycles. The molecule has 3 heteroatoms. The monoisotopic (exact) mass is 260 g/mol. The Morgan fingerprint density at radius 2 is 1.59 bits per heavy atom. The maximum Gasteiger partial charge on any atom is 0.00189 e. The molecular formula is C14H29ClN2. The lowest BCUT2D eigenvalue weighted by atomic mass is 9.88. The standard InChI is InChI=1S/C14H28N2.ClH/c1-16(11-13-6-3-2-4-7-13)12-14-8-5-9-15-10-14;/h13-15H,2-12H2,1H3;1H. The van der Waals surface area contributed by atoms with Crippen LogP contribution in [0.15, 0.2) is 0 Å². The predicted molar refractivity (Wildman–Crippen MR) is 76.9 cm³/mol. The third kappa shape index (κ3) is 5.58. The molecule has 0 aromatic heterocycles. The molecule has 102 valence electrons. The Bertz CT molecular complexity index is 167. The molecule has 1 heterocycles. The topological polar surface area (TPSA) is 15.3 Å². The molecule has 1 aliphatic heterocycles. The fourth-order valence-corrected chi connectivity index (χ4v) is 3.41. The van der Waals surface area contributed by atoms with Crippen molar-refractivity contribution < 1.29 is 0 Å². The van der Waals surface area contributed by atoms with E-state index in [0.29, 0.717) is 0 Å². The highest BCUT2D eigenvalue weighted by molar-refractivity contribution is 5.85. The van der Waals surface area contributed by atoms with Crippen molar-refractivity contribution in [3.8, 4) is 0 Å². The molecule has 1 atom stereocenters. The van der Waals surface area contributed by atoms with Crippen LogP contribution in [-0.4, -0.2) is 38.1 Å². The molecule has 0 aromatic rings. The van der Waals surface area contributed by atoms with Crippen LogP contribution in [0.25, 0.3) is 0 Å². The summed E-state index contributed by atoms with van der Waals surface area (Å²) >= 11 is 0. The van der Waals surface area contributed by atoms with Gasteiger partial charge in [-0.2, -0.15) is 0 Å². The van der Waals surface area contributed by atoms with Crippen LogP contribution in [0.2, 0.25) is 0 Å². The molecule has 0 amide bonds. The van der Waals surface area contributed by atoms with E-state index in [0.717, 1.165) is 11.8 Å². The summed E-state index contributed by atoms with van der Waals surface area (Å²) in [6.07, 6.45) is 10.2. The van der Waals surface area contributed by atoms with Gasteiger partial charge < -0.3 is 10.2 Å². The number of rotatable bonds is 4. The minimum atomic E-state index is 0. The fourth-order valence-electron chi connectivity index (χ4n) is 3.41. The van der Waals surface area contributed by atoms with Gasteiger partial charge in [0.2, 0.25) is 0 Å². The molecule has 2 nitrogen and oxygen atoms in total. The first kappa shape index (κ1) is 15.3. The number of nitrogens with zero attached hydrogens (tertiary/aromatic N) is 1. The van der Waals surface area contributed by atoms with Gasteiger partial charge in [-0.05, 0) is 57.7 Å². The van der Waals surface area contributed by atoms with Gasteiger partial charge >= 0.3 is 0 Å². The van der Waals surface area contributed by atoms with E-state index in [1.54, 1.807) is 0 Å². The molecule has 0 aromatic carbocycles. The van der Waals surface area contributed by atoms with Gasteiger partial charge in [0.05, 0.1) is 0 Å². The smallest absolute Gasteiger partial charge is 0.00189 e. The van der Waals surface area contributed by atoms with Crippen molar-refractivity contribution in [2.75, 3.05) is 33.2 Å². The van der Waals surface area contributed by atoms with Crippen molar-refractivity contribution in [1.29, 1.82) is 0 Å².